The Balaban J connectivity index is 0.00000387. The molecule has 3 aromatic rings. The van der Waals surface area contributed by atoms with Crippen LogP contribution >= 0.6 is 0 Å². The second-order valence-electron chi connectivity index (χ2n) is 10.8. The molecule has 0 saturated heterocycles. The fraction of sp³-hybridized carbons (Fsp3) is 0.444. The predicted molar refractivity (Wildman–Crippen MR) is 179 cm³/mol. The highest BCUT2D eigenvalue weighted by Crippen LogP contribution is 2.36. The van der Waals surface area contributed by atoms with E-state index in [-0.39, 0.29) is 23.1 Å². The Morgan fingerprint density at radius 2 is 1.15 bits per heavy atom. The van der Waals surface area contributed by atoms with Crippen LogP contribution in [0.2, 0.25) is 0 Å². The Labute approximate surface area is 262 Å². The van der Waals surface area contributed by atoms with E-state index in [1.54, 1.807) is 0 Å². The van der Waals surface area contributed by atoms with Gasteiger partial charge in [-0.15, -0.1) is 0 Å². The van der Waals surface area contributed by atoms with Crippen LogP contribution in [0, 0.1) is 0 Å². The van der Waals surface area contributed by atoms with Crippen LogP contribution in [0.25, 0.3) is 45.9 Å². The SMILES string of the molecule is CCC1=Cc2cc3nc(cc4c(CC)c(CC)c(c(CC)c5[nH]c(c(CC)c1n2)c(CC)c5CC)n4CC)C=C3.[Mg]. The second-order valence-corrected chi connectivity index (χ2v) is 10.8. The zero-order valence-corrected chi connectivity index (χ0v) is 28.0. The Morgan fingerprint density at radius 1 is 0.585 bits per heavy atom. The molecular formula is C36H46MgN4. The van der Waals surface area contributed by atoms with E-state index in [4.69, 9.17) is 9.97 Å². The molecule has 4 nitrogen and oxygen atoms in total. The van der Waals surface area contributed by atoms with Crippen LogP contribution < -0.4 is 0 Å². The molecule has 8 bridgehead atoms. The van der Waals surface area contributed by atoms with Crippen molar-refractivity contribution in [1.29, 1.82) is 0 Å². The van der Waals surface area contributed by atoms with E-state index >= 15 is 0 Å². The number of H-pyrrole nitrogens is 1. The Hall–Kier alpha value is -2.63. The lowest BCUT2D eigenvalue weighted by atomic mass is 9.97. The van der Waals surface area contributed by atoms with Gasteiger partial charge in [-0.3, -0.25) is 0 Å². The van der Waals surface area contributed by atoms with Gasteiger partial charge in [-0.2, -0.15) is 0 Å². The first-order chi connectivity index (χ1) is 19.5. The minimum atomic E-state index is 0. The quantitative estimate of drug-likeness (QED) is 0.219. The Morgan fingerprint density at radius 3 is 1.68 bits per heavy atom. The number of allylic oxidation sites excluding steroid dienone is 1. The zero-order valence-electron chi connectivity index (χ0n) is 26.6. The van der Waals surface area contributed by atoms with Gasteiger partial charge in [-0.1, -0.05) is 48.5 Å². The van der Waals surface area contributed by atoms with E-state index in [1.807, 2.05) is 0 Å². The number of hydrogen-bond donors (Lipinski definition) is 1. The first-order valence-electron chi connectivity index (χ1n) is 15.7. The molecule has 212 valence electrons. The van der Waals surface area contributed by atoms with Crippen molar-refractivity contribution in [3.05, 3.63) is 68.3 Å². The van der Waals surface area contributed by atoms with Crippen molar-refractivity contribution >= 4 is 68.9 Å². The molecular weight excluding hydrogens is 513 g/mol. The smallest absolute Gasteiger partial charge is 0.0722 e. The standard InChI is InChI=1S/C36H46N4.Mg/c1-9-22-19-25-20-23-17-18-24(37-23)21-32-26(10-2)29(13-5)36(40(32)16-8)31(15-7)35-28(12-4)27(11-3)34(39-35)30(14-6)33(22)38-25;/h17-21,39H,9-16H2,1-8H3;. The summed E-state index contributed by atoms with van der Waals surface area (Å²) in [5.41, 5.74) is 19.4. The molecule has 0 saturated carbocycles. The maximum Gasteiger partial charge on any atom is 0.0722 e. The lowest BCUT2D eigenvalue weighted by Gasteiger charge is -2.09. The van der Waals surface area contributed by atoms with Gasteiger partial charge in [0.2, 0.25) is 0 Å². The highest BCUT2D eigenvalue weighted by Gasteiger charge is 2.22. The zero-order chi connectivity index (χ0) is 28.6. The first-order valence-corrected chi connectivity index (χ1v) is 15.7. The summed E-state index contributed by atoms with van der Waals surface area (Å²) in [5.74, 6) is 0. The summed E-state index contributed by atoms with van der Waals surface area (Å²) in [6.07, 6.45) is 13.5. The van der Waals surface area contributed by atoms with E-state index in [2.05, 4.69) is 95.3 Å². The monoisotopic (exact) mass is 558 g/mol. The minimum Gasteiger partial charge on any atom is -0.354 e. The van der Waals surface area contributed by atoms with Gasteiger partial charge in [-0.25, -0.2) is 9.97 Å². The van der Waals surface area contributed by atoms with Crippen LogP contribution in [0.5, 0.6) is 0 Å². The van der Waals surface area contributed by atoms with Gasteiger partial charge in [0.25, 0.3) is 0 Å². The number of nitrogens with one attached hydrogen (secondary N) is 1. The minimum absolute atomic E-state index is 0. The fourth-order valence-electron chi connectivity index (χ4n) is 7.09. The predicted octanol–water partition coefficient (Wildman–Crippen LogP) is 8.92. The summed E-state index contributed by atoms with van der Waals surface area (Å²) < 4.78 is 2.57. The summed E-state index contributed by atoms with van der Waals surface area (Å²) in [4.78, 5) is 14.3. The number of aromatic nitrogens is 4. The largest absolute Gasteiger partial charge is 0.354 e. The number of fused-ring (bicyclic) bond motifs is 8. The summed E-state index contributed by atoms with van der Waals surface area (Å²) in [6.45, 7) is 19.3. The molecule has 1 N–H and O–H groups in total. The molecule has 0 fully saturated rings. The molecule has 5 heteroatoms. The molecule has 3 aromatic heterocycles. The van der Waals surface area contributed by atoms with Crippen LogP contribution in [0.15, 0.2) is 12.1 Å². The molecule has 0 aromatic carbocycles. The third-order valence-electron chi connectivity index (χ3n) is 8.86. The summed E-state index contributed by atoms with van der Waals surface area (Å²) >= 11 is 0. The third kappa shape index (κ3) is 5.25. The van der Waals surface area contributed by atoms with Crippen LogP contribution in [0.3, 0.4) is 0 Å². The van der Waals surface area contributed by atoms with Crippen LogP contribution in [-0.2, 0) is 45.1 Å². The van der Waals surface area contributed by atoms with Crippen LogP contribution in [-0.4, -0.2) is 42.6 Å². The van der Waals surface area contributed by atoms with Crippen molar-refractivity contribution in [2.45, 2.75) is 107 Å². The second kappa shape index (κ2) is 13.1. The highest BCUT2D eigenvalue weighted by atomic mass is 24.3. The summed E-state index contributed by atoms with van der Waals surface area (Å²) in [6, 6.07) is 4.45. The summed E-state index contributed by atoms with van der Waals surface area (Å²) in [5, 5.41) is 0. The molecule has 5 heterocycles. The fourth-order valence-corrected chi connectivity index (χ4v) is 7.09. The number of hydrogen-bond acceptors (Lipinski definition) is 2. The van der Waals surface area contributed by atoms with Crippen molar-refractivity contribution in [2.75, 3.05) is 0 Å². The average molecular weight is 559 g/mol. The molecule has 0 atom stereocenters. The van der Waals surface area contributed by atoms with E-state index in [1.165, 1.54) is 61.0 Å². The maximum atomic E-state index is 5.22. The number of aryl methyl sites for hydroxylation is 7. The Kier molecular flexibility index (Phi) is 10.0. The molecule has 2 radical (unpaired) electrons. The van der Waals surface area contributed by atoms with Gasteiger partial charge >= 0.3 is 0 Å². The topological polar surface area (TPSA) is 46.5 Å². The highest BCUT2D eigenvalue weighted by molar-refractivity contribution is 5.90. The lowest BCUT2D eigenvalue weighted by Crippen LogP contribution is -1.99. The number of rotatable bonds is 8. The first kappa shape index (κ1) is 31.3. The molecule has 0 spiro atoms. The van der Waals surface area contributed by atoms with E-state index in [9.17, 15) is 0 Å². The van der Waals surface area contributed by atoms with E-state index < -0.39 is 0 Å². The van der Waals surface area contributed by atoms with Crippen molar-refractivity contribution < 1.29 is 0 Å². The Bertz CT molecular complexity index is 1680. The van der Waals surface area contributed by atoms with Gasteiger partial charge in [0.15, 0.2) is 0 Å². The van der Waals surface area contributed by atoms with Crippen molar-refractivity contribution in [3.8, 4) is 0 Å². The summed E-state index contributed by atoms with van der Waals surface area (Å²) in [7, 11) is 0. The average Bonchev–Trinajstić information content (AvgIpc) is 3.73. The van der Waals surface area contributed by atoms with Crippen LogP contribution in [0.1, 0.15) is 118 Å². The van der Waals surface area contributed by atoms with Crippen molar-refractivity contribution in [2.24, 2.45) is 0 Å². The molecule has 5 rings (SSSR count). The van der Waals surface area contributed by atoms with E-state index in [0.717, 1.165) is 74.3 Å². The van der Waals surface area contributed by atoms with Crippen molar-refractivity contribution in [1.82, 2.24) is 19.5 Å². The van der Waals surface area contributed by atoms with Gasteiger partial charge in [0, 0.05) is 57.2 Å². The molecule has 0 amide bonds. The van der Waals surface area contributed by atoms with Gasteiger partial charge in [-0.05, 0) is 116 Å². The van der Waals surface area contributed by atoms with Gasteiger partial charge in [0.1, 0.15) is 0 Å². The molecule has 2 aliphatic heterocycles. The molecule has 0 aliphatic carbocycles. The van der Waals surface area contributed by atoms with Crippen molar-refractivity contribution in [3.63, 3.8) is 0 Å². The van der Waals surface area contributed by atoms with E-state index in [0.29, 0.717) is 0 Å². The normalized spacial score (nSPS) is 12.5. The molecule has 41 heavy (non-hydrogen) atoms. The number of nitrogens with zero attached hydrogens (tertiary/aromatic N) is 3. The van der Waals surface area contributed by atoms with Crippen LogP contribution in [0.4, 0.5) is 0 Å². The number of aromatic amines is 1. The lowest BCUT2D eigenvalue weighted by molar-refractivity contribution is 0.816. The molecule has 0 unspecified atom stereocenters. The molecule has 2 aliphatic rings. The third-order valence-corrected chi connectivity index (χ3v) is 8.86. The van der Waals surface area contributed by atoms with Gasteiger partial charge in [0.05, 0.1) is 22.8 Å². The van der Waals surface area contributed by atoms with Gasteiger partial charge < -0.3 is 9.55 Å². The maximum absolute atomic E-state index is 5.22.